The maximum atomic E-state index is 12.1. The number of amides is 2. The van der Waals surface area contributed by atoms with Crippen molar-refractivity contribution in [2.45, 2.75) is 39.3 Å². The first kappa shape index (κ1) is 17.3. The van der Waals surface area contributed by atoms with Crippen molar-refractivity contribution in [1.82, 2.24) is 9.96 Å². The van der Waals surface area contributed by atoms with E-state index in [4.69, 9.17) is 14.3 Å². The Labute approximate surface area is 125 Å². The fraction of sp³-hybridized carbons (Fsp3) is 0.714. The van der Waals surface area contributed by atoms with Gasteiger partial charge < -0.3 is 14.4 Å². The lowest BCUT2D eigenvalue weighted by molar-refractivity contribution is -0.129. The average molecular weight is 300 g/mol. The van der Waals surface area contributed by atoms with Gasteiger partial charge in [-0.05, 0) is 27.7 Å². The Bertz CT molecular complexity index is 391. The molecule has 0 saturated carbocycles. The Hall–Kier alpha value is -1.76. The summed E-state index contributed by atoms with van der Waals surface area (Å²) in [5.74, 6) is 0. The van der Waals surface area contributed by atoms with Crippen molar-refractivity contribution < 1.29 is 23.9 Å². The molecule has 0 bridgehead atoms. The van der Waals surface area contributed by atoms with E-state index in [-0.39, 0.29) is 25.8 Å². The molecule has 7 heteroatoms. The SMILES string of the molecule is C=CCOC(=O)N1CCN(C(=O)OC(C)(C)C)[C@H](C)CO1. The number of ether oxygens (including phenoxy) is 2. The van der Waals surface area contributed by atoms with E-state index in [0.29, 0.717) is 6.54 Å². The summed E-state index contributed by atoms with van der Waals surface area (Å²) in [7, 11) is 0. The molecule has 0 radical (unpaired) electrons. The molecule has 0 aromatic rings. The summed E-state index contributed by atoms with van der Waals surface area (Å²) < 4.78 is 10.3. The van der Waals surface area contributed by atoms with E-state index in [0.717, 1.165) is 5.06 Å². The standard InChI is InChI=1S/C14H24N2O5/c1-6-9-19-13(18)16-8-7-15(11(2)10-20-16)12(17)21-14(3,4)5/h6,11H,1,7-10H2,2-5H3/t11-/m1/s1. The Morgan fingerprint density at radius 1 is 1.33 bits per heavy atom. The van der Waals surface area contributed by atoms with Crippen LogP contribution in [0.25, 0.3) is 0 Å². The molecule has 120 valence electrons. The quantitative estimate of drug-likeness (QED) is 0.731. The molecular weight excluding hydrogens is 276 g/mol. The van der Waals surface area contributed by atoms with Crippen LogP contribution in [-0.4, -0.2) is 60.1 Å². The van der Waals surface area contributed by atoms with Crippen molar-refractivity contribution in [2.24, 2.45) is 0 Å². The fourth-order valence-electron chi connectivity index (χ4n) is 1.71. The molecule has 0 aliphatic carbocycles. The minimum atomic E-state index is -0.590. The largest absolute Gasteiger partial charge is 0.444 e. The number of carbonyl (C=O) groups excluding carboxylic acids is 2. The molecule has 1 heterocycles. The number of hydrogen-bond donors (Lipinski definition) is 0. The van der Waals surface area contributed by atoms with Gasteiger partial charge in [-0.3, -0.25) is 4.84 Å². The van der Waals surface area contributed by atoms with Crippen LogP contribution in [0.2, 0.25) is 0 Å². The molecule has 1 aliphatic heterocycles. The van der Waals surface area contributed by atoms with E-state index < -0.39 is 17.8 Å². The maximum Gasteiger partial charge on any atom is 0.434 e. The Morgan fingerprint density at radius 2 is 2.00 bits per heavy atom. The van der Waals surface area contributed by atoms with Gasteiger partial charge >= 0.3 is 12.2 Å². The van der Waals surface area contributed by atoms with Crippen LogP contribution in [0.1, 0.15) is 27.7 Å². The van der Waals surface area contributed by atoms with Crippen molar-refractivity contribution in [3.05, 3.63) is 12.7 Å². The molecule has 1 saturated heterocycles. The third-order valence-electron chi connectivity index (χ3n) is 2.70. The molecule has 0 aromatic carbocycles. The van der Waals surface area contributed by atoms with Crippen molar-refractivity contribution in [2.75, 3.05) is 26.3 Å². The second-order valence-electron chi connectivity index (χ2n) is 5.79. The van der Waals surface area contributed by atoms with E-state index in [1.54, 1.807) is 4.90 Å². The third kappa shape index (κ3) is 5.63. The van der Waals surface area contributed by atoms with Crippen LogP contribution in [0.5, 0.6) is 0 Å². The van der Waals surface area contributed by atoms with Crippen molar-refractivity contribution in [1.29, 1.82) is 0 Å². The molecule has 1 atom stereocenters. The molecular formula is C14H24N2O5. The van der Waals surface area contributed by atoms with E-state index in [2.05, 4.69) is 6.58 Å². The summed E-state index contributed by atoms with van der Waals surface area (Å²) in [5, 5.41) is 1.12. The van der Waals surface area contributed by atoms with Gasteiger partial charge in [0.15, 0.2) is 0 Å². The third-order valence-corrected chi connectivity index (χ3v) is 2.70. The first-order chi connectivity index (χ1) is 9.74. The van der Waals surface area contributed by atoms with Gasteiger partial charge in [-0.1, -0.05) is 12.7 Å². The number of hydrogen-bond acceptors (Lipinski definition) is 5. The number of hydroxylamine groups is 2. The highest BCUT2D eigenvalue weighted by Crippen LogP contribution is 2.15. The second kappa shape index (κ2) is 7.31. The van der Waals surface area contributed by atoms with Gasteiger partial charge in [0.1, 0.15) is 12.2 Å². The maximum absolute atomic E-state index is 12.1. The zero-order valence-electron chi connectivity index (χ0n) is 13.1. The van der Waals surface area contributed by atoms with Crippen LogP contribution in [0.4, 0.5) is 9.59 Å². The lowest BCUT2D eigenvalue weighted by Gasteiger charge is -2.29. The summed E-state index contributed by atoms with van der Waals surface area (Å²) in [6.45, 7) is 11.6. The van der Waals surface area contributed by atoms with Gasteiger partial charge in [0.2, 0.25) is 0 Å². The van der Waals surface area contributed by atoms with Gasteiger partial charge in [-0.2, -0.15) is 5.06 Å². The predicted molar refractivity (Wildman–Crippen MR) is 76.6 cm³/mol. The molecule has 1 aliphatic rings. The van der Waals surface area contributed by atoms with Crippen molar-refractivity contribution in [3.8, 4) is 0 Å². The number of rotatable bonds is 2. The summed E-state index contributed by atoms with van der Waals surface area (Å²) >= 11 is 0. The first-order valence-corrected chi connectivity index (χ1v) is 6.92. The molecule has 7 nitrogen and oxygen atoms in total. The van der Waals surface area contributed by atoms with E-state index >= 15 is 0 Å². The normalized spacial score (nSPS) is 19.7. The van der Waals surface area contributed by atoms with Crippen LogP contribution in [0.15, 0.2) is 12.7 Å². The van der Waals surface area contributed by atoms with E-state index in [1.165, 1.54) is 6.08 Å². The van der Waals surface area contributed by atoms with Gasteiger partial charge in [-0.15, -0.1) is 0 Å². The lowest BCUT2D eigenvalue weighted by Crippen LogP contribution is -2.44. The van der Waals surface area contributed by atoms with E-state index in [9.17, 15) is 9.59 Å². The number of carbonyl (C=O) groups is 2. The molecule has 0 unspecified atom stereocenters. The highest BCUT2D eigenvalue weighted by atomic mass is 16.7. The van der Waals surface area contributed by atoms with Crippen LogP contribution in [0.3, 0.4) is 0 Å². The van der Waals surface area contributed by atoms with Gasteiger partial charge in [-0.25, -0.2) is 9.59 Å². The molecule has 0 N–H and O–H groups in total. The topological polar surface area (TPSA) is 68.3 Å². The highest BCUT2D eigenvalue weighted by Gasteiger charge is 2.31. The number of nitrogens with zero attached hydrogens (tertiary/aromatic N) is 2. The molecule has 0 spiro atoms. The molecule has 0 aromatic heterocycles. The van der Waals surface area contributed by atoms with Crippen LogP contribution in [0, 0.1) is 0 Å². The van der Waals surface area contributed by atoms with Crippen molar-refractivity contribution in [3.63, 3.8) is 0 Å². The zero-order chi connectivity index (χ0) is 16.0. The minimum Gasteiger partial charge on any atom is -0.444 e. The summed E-state index contributed by atoms with van der Waals surface area (Å²) in [6, 6.07) is -0.197. The molecule has 1 fully saturated rings. The average Bonchev–Trinajstić information content (AvgIpc) is 2.56. The molecule has 2 amide bonds. The fourth-order valence-corrected chi connectivity index (χ4v) is 1.71. The van der Waals surface area contributed by atoms with Crippen molar-refractivity contribution >= 4 is 12.2 Å². The smallest absolute Gasteiger partial charge is 0.434 e. The Kier molecular flexibility index (Phi) is 6.02. The predicted octanol–water partition coefficient (Wildman–Crippen LogP) is 2.18. The summed E-state index contributed by atoms with van der Waals surface area (Å²) in [5.41, 5.74) is -0.563. The van der Waals surface area contributed by atoms with Crippen LogP contribution < -0.4 is 0 Å². The Balaban J connectivity index is 2.61. The van der Waals surface area contributed by atoms with Gasteiger partial charge in [0.25, 0.3) is 0 Å². The minimum absolute atomic E-state index is 0.115. The molecule has 1 rings (SSSR count). The second-order valence-corrected chi connectivity index (χ2v) is 5.79. The van der Waals surface area contributed by atoms with E-state index in [1.807, 2.05) is 27.7 Å². The van der Waals surface area contributed by atoms with Crippen LogP contribution in [-0.2, 0) is 14.3 Å². The van der Waals surface area contributed by atoms with Crippen LogP contribution >= 0.6 is 0 Å². The summed E-state index contributed by atoms with van der Waals surface area (Å²) in [4.78, 5) is 30.8. The highest BCUT2D eigenvalue weighted by molar-refractivity contribution is 5.69. The summed E-state index contributed by atoms with van der Waals surface area (Å²) in [6.07, 6.45) is 0.471. The Morgan fingerprint density at radius 3 is 2.57 bits per heavy atom. The first-order valence-electron chi connectivity index (χ1n) is 6.92. The zero-order valence-corrected chi connectivity index (χ0v) is 13.1. The van der Waals surface area contributed by atoms with Gasteiger partial charge in [0.05, 0.1) is 19.2 Å². The lowest BCUT2D eigenvalue weighted by atomic mass is 10.2. The van der Waals surface area contributed by atoms with Gasteiger partial charge in [0, 0.05) is 6.54 Å². The monoisotopic (exact) mass is 300 g/mol. The molecule has 21 heavy (non-hydrogen) atoms.